The summed E-state index contributed by atoms with van der Waals surface area (Å²) in [4.78, 5) is 26.4. The van der Waals surface area contributed by atoms with E-state index in [1.165, 1.54) is 19.5 Å². The highest BCUT2D eigenvalue weighted by Crippen LogP contribution is 2.40. The summed E-state index contributed by atoms with van der Waals surface area (Å²) in [6, 6.07) is 4.72. The topological polar surface area (TPSA) is 98.8 Å². The van der Waals surface area contributed by atoms with Gasteiger partial charge in [-0.15, -0.1) is 0 Å². The first-order valence-electron chi connectivity index (χ1n) is 11.8. The molecule has 1 saturated carbocycles. The first-order valence-corrected chi connectivity index (χ1v) is 11.8. The molecule has 3 fully saturated rings. The maximum atomic E-state index is 14.7. The Hall–Kier alpha value is -3.40. The van der Waals surface area contributed by atoms with Crippen LogP contribution < -0.4 is 9.47 Å². The number of piperidine rings is 1. The van der Waals surface area contributed by atoms with E-state index in [0.29, 0.717) is 60.1 Å². The van der Waals surface area contributed by atoms with Gasteiger partial charge in [0.05, 0.1) is 20.3 Å². The number of methoxy groups -OCH3 is 1. The number of hydrogen-bond donors (Lipinski definition) is 1. The fourth-order valence-electron chi connectivity index (χ4n) is 4.98. The van der Waals surface area contributed by atoms with Crippen LogP contribution in [-0.2, 0) is 9.47 Å². The molecule has 2 aliphatic heterocycles. The van der Waals surface area contributed by atoms with Crippen molar-refractivity contribution in [3.05, 3.63) is 36.5 Å². The lowest BCUT2D eigenvalue weighted by Crippen LogP contribution is -2.59. The Morgan fingerprint density at radius 1 is 1.20 bits per heavy atom. The minimum atomic E-state index is -0.405. The van der Waals surface area contributed by atoms with E-state index in [1.807, 2.05) is 6.92 Å². The quantitative estimate of drug-likeness (QED) is 0.591. The van der Waals surface area contributed by atoms with Gasteiger partial charge in [-0.25, -0.2) is 14.2 Å². The van der Waals surface area contributed by atoms with Gasteiger partial charge in [0.25, 0.3) is 0 Å². The summed E-state index contributed by atoms with van der Waals surface area (Å²) in [5.41, 5.74) is 1.88. The smallest absolute Gasteiger partial charge is 0.410 e. The zero-order chi connectivity index (χ0) is 24.2. The number of nitrogens with one attached hydrogen (secondary N) is 1. The van der Waals surface area contributed by atoms with Crippen molar-refractivity contribution in [1.82, 2.24) is 19.9 Å². The monoisotopic (exact) mass is 482 g/mol. The zero-order valence-electron chi connectivity index (χ0n) is 19.6. The summed E-state index contributed by atoms with van der Waals surface area (Å²) in [6.45, 7) is 3.94. The molecule has 2 unspecified atom stereocenters. The lowest BCUT2D eigenvalue weighted by Gasteiger charge is -2.46. The first kappa shape index (κ1) is 22.1. The molecule has 1 N–H and O–H groups in total. The average Bonchev–Trinajstić information content (AvgIpc) is 3.40. The lowest BCUT2D eigenvalue weighted by atomic mass is 9.84. The Morgan fingerprint density at radius 2 is 1.97 bits per heavy atom. The molecule has 6 rings (SSSR count). The number of benzene rings is 1. The second-order valence-corrected chi connectivity index (χ2v) is 9.81. The van der Waals surface area contributed by atoms with Crippen LogP contribution in [0, 0.1) is 17.7 Å². The highest BCUT2D eigenvalue weighted by molar-refractivity contribution is 5.94. The number of carbonyl (C=O) groups excluding carboxylic acids is 1. The van der Waals surface area contributed by atoms with Crippen LogP contribution in [0.4, 0.5) is 9.18 Å². The standard InChI is InChI=1S/C25H27FN4O5/c1-25(5-6-25)35-24(31)30-9-14-11-33-12-15(10-30)22(14)34-23-21-20(28-13-29-23)18(8-27-21)17-4-3-16(32-2)7-19(17)26/h3-4,7-8,13-15,22,27H,5-6,9-12H2,1-2H3. The molecular formula is C25H27FN4O5. The highest BCUT2D eigenvalue weighted by atomic mass is 19.1. The largest absolute Gasteiger partial charge is 0.497 e. The fourth-order valence-corrected chi connectivity index (χ4v) is 4.98. The van der Waals surface area contributed by atoms with Crippen molar-refractivity contribution < 1.29 is 28.1 Å². The number of aromatic amines is 1. The van der Waals surface area contributed by atoms with Crippen LogP contribution in [-0.4, -0.2) is 71.1 Å². The van der Waals surface area contributed by atoms with Crippen LogP contribution in [0.3, 0.4) is 0 Å². The molecule has 4 heterocycles. The minimum absolute atomic E-state index is 0.0134. The first-order chi connectivity index (χ1) is 16.9. The van der Waals surface area contributed by atoms with E-state index in [0.717, 1.165) is 12.8 Å². The van der Waals surface area contributed by atoms with Crippen LogP contribution in [0.15, 0.2) is 30.7 Å². The molecule has 184 valence electrons. The van der Waals surface area contributed by atoms with E-state index in [4.69, 9.17) is 18.9 Å². The van der Waals surface area contributed by atoms with Gasteiger partial charge in [-0.05, 0) is 31.9 Å². The van der Waals surface area contributed by atoms with E-state index in [1.54, 1.807) is 23.2 Å². The Balaban J connectivity index is 1.24. The number of carbonyl (C=O) groups is 1. The molecule has 0 radical (unpaired) electrons. The summed E-state index contributed by atoms with van der Waals surface area (Å²) in [6.07, 6.45) is 4.52. The Morgan fingerprint density at radius 3 is 2.66 bits per heavy atom. The normalized spacial score (nSPS) is 24.8. The summed E-state index contributed by atoms with van der Waals surface area (Å²) >= 11 is 0. The van der Waals surface area contributed by atoms with Crippen molar-refractivity contribution >= 4 is 17.1 Å². The van der Waals surface area contributed by atoms with E-state index in [9.17, 15) is 9.18 Å². The molecule has 3 aromatic rings. The van der Waals surface area contributed by atoms with Crippen molar-refractivity contribution in [3.8, 4) is 22.8 Å². The van der Waals surface area contributed by atoms with Gasteiger partial charge in [0.2, 0.25) is 5.88 Å². The third kappa shape index (κ3) is 4.05. The van der Waals surface area contributed by atoms with E-state index < -0.39 is 5.82 Å². The number of nitrogens with zero attached hydrogens (tertiary/aromatic N) is 3. The lowest BCUT2D eigenvalue weighted by molar-refractivity contribution is -0.111. The third-order valence-electron chi connectivity index (χ3n) is 7.19. The van der Waals surface area contributed by atoms with Crippen LogP contribution in [0.1, 0.15) is 19.8 Å². The Kier molecular flexibility index (Phi) is 5.28. The molecule has 2 saturated heterocycles. The Labute approximate surface area is 201 Å². The molecule has 2 bridgehead atoms. The van der Waals surface area contributed by atoms with Crippen LogP contribution in [0.25, 0.3) is 22.2 Å². The predicted molar refractivity (Wildman–Crippen MR) is 124 cm³/mol. The number of ether oxygens (including phenoxy) is 4. The molecule has 0 spiro atoms. The van der Waals surface area contributed by atoms with Crippen molar-refractivity contribution in [2.45, 2.75) is 31.5 Å². The van der Waals surface area contributed by atoms with Crippen molar-refractivity contribution in [1.29, 1.82) is 0 Å². The number of likely N-dealkylation sites (tertiary alicyclic amines) is 1. The third-order valence-corrected chi connectivity index (χ3v) is 7.19. The van der Waals surface area contributed by atoms with Gasteiger partial charge in [-0.2, -0.15) is 4.98 Å². The minimum Gasteiger partial charge on any atom is -0.497 e. The number of aromatic nitrogens is 3. The number of halogens is 1. The molecular weight excluding hydrogens is 455 g/mol. The van der Waals surface area contributed by atoms with Gasteiger partial charge < -0.3 is 28.8 Å². The van der Waals surface area contributed by atoms with E-state index >= 15 is 0 Å². The van der Waals surface area contributed by atoms with Crippen molar-refractivity contribution in [2.75, 3.05) is 33.4 Å². The van der Waals surface area contributed by atoms with Crippen molar-refractivity contribution in [2.24, 2.45) is 11.8 Å². The second-order valence-electron chi connectivity index (χ2n) is 9.81. The Bertz CT molecular complexity index is 1260. The van der Waals surface area contributed by atoms with Crippen LogP contribution in [0.5, 0.6) is 11.6 Å². The number of hydrogen-bond acceptors (Lipinski definition) is 7. The molecule has 2 aromatic heterocycles. The molecule has 3 aliphatic rings. The van der Waals surface area contributed by atoms with Gasteiger partial charge in [0, 0.05) is 48.3 Å². The van der Waals surface area contributed by atoms with Gasteiger partial charge in [0.15, 0.2) is 0 Å². The maximum Gasteiger partial charge on any atom is 0.410 e. The fraction of sp³-hybridized carbons (Fsp3) is 0.480. The van der Waals surface area contributed by atoms with Gasteiger partial charge in [-0.1, -0.05) is 0 Å². The number of amides is 1. The summed E-state index contributed by atoms with van der Waals surface area (Å²) in [5.74, 6) is 0.414. The maximum absolute atomic E-state index is 14.7. The molecule has 9 nitrogen and oxygen atoms in total. The van der Waals surface area contributed by atoms with Gasteiger partial charge in [-0.3, -0.25) is 0 Å². The summed E-state index contributed by atoms with van der Waals surface area (Å²) in [5, 5.41) is 0. The number of H-pyrrole nitrogens is 1. The van der Waals surface area contributed by atoms with Gasteiger partial charge >= 0.3 is 6.09 Å². The molecule has 1 amide bonds. The second kappa shape index (κ2) is 8.37. The highest BCUT2D eigenvalue weighted by Gasteiger charge is 2.47. The van der Waals surface area contributed by atoms with Gasteiger partial charge in [0.1, 0.15) is 40.6 Å². The predicted octanol–water partition coefficient (Wildman–Crippen LogP) is 3.79. The summed E-state index contributed by atoms with van der Waals surface area (Å²) in [7, 11) is 1.50. The number of rotatable bonds is 5. The molecule has 1 aromatic carbocycles. The van der Waals surface area contributed by atoms with E-state index in [-0.39, 0.29) is 29.6 Å². The van der Waals surface area contributed by atoms with Crippen LogP contribution >= 0.6 is 0 Å². The molecule has 35 heavy (non-hydrogen) atoms. The SMILES string of the molecule is COc1ccc(-c2c[nH]c3c(OC4C5COCC4CN(C(=O)OC4(C)CC4)C5)ncnc23)c(F)c1. The summed E-state index contributed by atoms with van der Waals surface area (Å²) < 4.78 is 37.7. The van der Waals surface area contributed by atoms with Crippen molar-refractivity contribution in [3.63, 3.8) is 0 Å². The number of fused-ring (bicyclic) bond motifs is 3. The molecule has 10 heteroatoms. The zero-order valence-corrected chi connectivity index (χ0v) is 19.6. The molecule has 1 aliphatic carbocycles. The van der Waals surface area contributed by atoms with Crippen LogP contribution in [0.2, 0.25) is 0 Å². The average molecular weight is 483 g/mol. The molecule has 2 atom stereocenters. The van der Waals surface area contributed by atoms with E-state index in [2.05, 4.69) is 15.0 Å².